The molecule has 0 unspecified atom stereocenters. The van der Waals surface area contributed by atoms with Crippen molar-refractivity contribution < 1.29 is 37.4 Å². The molecule has 9 heteroatoms. The summed E-state index contributed by atoms with van der Waals surface area (Å²) in [7, 11) is 2.35. The second kappa shape index (κ2) is 8.75. The molecule has 2 rings (SSSR count). The molecule has 0 fully saturated rings. The fourth-order valence-corrected chi connectivity index (χ4v) is 2.16. The summed E-state index contributed by atoms with van der Waals surface area (Å²) in [5, 5.41) is 2.51. The molecule has 0 saturated heterocycles. The third-order valence-electron chi connectivity index (χ3n) is 3.37. The number of hydrogen-bond donors (Lipinski definition) is 1. The molecule has 7 nitrogen and oxygen atoms in total. The highest BCUT2D eigenvalue weighted by molar-refractivity contribution is 6.06. The van der Waals surface area contributed by atoms with E-state index >= 15 is 0 Å². The topological polar surface area (TPSA) is 90.9 Å². The average Bonchev–Trinajstić information content (AvgIpc) is 2.66. The smallest absolute Gasteiger partial charge is 0.387 e. The Balaban J connectivity index is 2.25. The van der Waals surface area contributed by atoms with Crippen LogP contribution in [0.2, 0.25) is 0 Å². The van der Waals surface area contributed by atoms with Gasteiger partial charge < -0.3 is 19.5 Å². The number of methoxy groups -OCH3 is 2. The largest absolute Gasteiger partial charge is 0.465 e. The Morgan fingerprint density at radius 2 is 1.37 bits per heavy atom. The van der Waals surface area contributed by atoms with E-state index in [0.717, 1.165) is 0 Å². The van der Waals surface area contributed by atoms with Crippen molar-refractivity contribution in [3.63, 3.8) is 0 Å². The minimum absolute atomic E-state index is 0.0383. The van der Waals surface area contributed by atoms with E-state index in [1.165, 1.54) is 56.7 Å². The molecular formula is C18H15F2NO6. The van der Waals surface area contributed by atoms with Crippen LogP contribution in [-0.4, -0.2) is 38.7 Å². The van der Waals surface area contributed by atoms with Crippen molar-refractivity contribution in [3.05, 3.63) is 59.2 Å². The summed E-state index contributed by atoms with van der Waals surface area (Å²) in [6.45, 7) is -2.97. The van der Waals surface area contributed by atoms with Gasteiger partial charge in [-0.2, -0.15) is 8.78 Å². The summed E-state index contributed by atoms with van der Waals surface area (Å²) < 4.78 is 37.7. The fourth-order valence-electron chi connectivity index (χ4n) is 2.16. The van der Waals surface area contributed by atoms with E-state index in [9.17, 15) is 23.2 Å². The van der Waals surface area contributed by atoms with E-state index in [1.54, 1.807) is 0 Å². The van der Waals surface area contributed by atoms with Crippen molar-refractivity contribution >= 4 is 23.5 Å². The maximum Gasteiger partial charge on any atom is 0.387 e. The van der Waals surface area contributed by atoms with Crippen LogP contribution in [0.4, 0.5) is 14.5 Å². The highest BCUT2D eigenvalue weighted by atomic mass is 19.3. The standard InChI is InChI=1S/C18H15F2NO6/c1-25-16(23)11-7-12(17(24)26-2)9-13(8-11)21-15(22)10-3-5-14(6-4-10)27-18(19)20/h3-9,18H,1-2H3,(H,21,22). The Labute approximate surface area is 152 Å². The molecule has 0 aliphatic heterocycles. The number of rotatable bonds is 6. The van der Waals surface area contributed by atoms with Gasteiger partial charge in [-0.1, -0.05) is 0 Å². The number of anilines is 1. The number of esters is 2. The van der Waals surface area contributed by atoms with E-state index in [-0.39, 0.29) is 28.1 Å². The first kappa shape index (κ1) is 19.8. The summed E-state index contributed by atoms with van der Waals surface area (Å²) in [4.78, 5) is 35.8. The van der Waals surface area contributed by atoms with Crippen molar-refractivity contribution in [1.82, 2.24) is 0 Å². The molecule has 142 valence electrons. The van der Waals surface area contributed by atoms with Gasteiger partial charge in [-0.25, -0.2) is 9.59 Å². The molecule has 1 N–H and O–H groups in total. The van der Waals surface area contributed by atoms with Gasteiger partial charge in [0.25, 0.3) is 5.91 Å². The zero-order valence-corrected chi connectivity index (χ0v) is 14.3. The molecule has 0 spiro atoms. The maximum absolute atomic E-state index is 12.3. The molecule has 0 aliphatic carbocycles. The third kappa shape index (κ3) is 5.24. The molecule has 2 aromatic carbocycles. The first-order valence-electron chi connectivity index (χ1n) is 7.52. The van der Waals surface area contributed by atoms with Gasteiger partial charge in [0.2, 0.25) is 0 Å². The molecule has 27 heavy (non-hydrogen) atoms. The predicted molar refractivity (Wildman–Crippen MR) is 90.1 cm³/mol. The molecule has 0 bridgehead atoms. The molecule has 0 radical (unpaired) electrons. The number of hydrogen-bond acceptors (Lipinski definition) is 6. The van der Waals surface area contributed by atoms with Gasteiger partial charge in [0.05, 0.1) is 25.3 Å². The Bertz CT molecular complexity index is 817. The van der Waals surface area contributed by atoms with Crippen molar-refractivity contribution in [2.75, 3.05) is 19.5 Å². The van der Waals surface area contributed by atoms with Gasteiger partial charge in [0, 0.05) is 11.3 Å². The minimum atomic E-state index is -2.97. The number of carbonyl (C=O) groups excluding carboxylic acids is 3. The molecule has 0 heterocycles. The highest BCUT2D eigenvalue weighted by Gasteiger charge is 2.16. The van der Waals surface area contributed by atoms with E-state index in [4.69, 9.17) is 0 Å². The molecule has 1 amide bonds. The van der Waals surface area contributed by atoms with Gasteiger partial charge >= 0.3 is 18.6 Å². The van der Waals surface area contributed by atoms with Crippen molar-refractivity contribution in [2.24, 2.45) is 0 Å². The van der Waals surface area contributed by atoms with Crippen LogP contribution in [-0.2, 0) is 9.47 Å². The Hall–Kier alpha value is -3.49. The number of benzene rings is 2. The second-order valence-electron chi connectivity index (χ2n) is 5.14. The van der Waals surface area contributed by atoms with Crippen LogP contribution in [0.3, 0.4) is 0 Å². The number of carbonyl (C=O) groups is 3. The lowest BCUT2D eigenvalue weighted by Gasteiger charge is -2.10. The summed E-state index contributed by atoms with van der Waals surface area (Å²) in [6.07, 6.45) is 0. The van der Waals surface area contributed by atoms with Crippen LogP contribution < -0.4 is 10.1 Å². The van der Waals surface area contributed by atoms with E-state index in [1.807, 2.05) is 0 Å². The van der Waals surface area contributed by atoms with E-state index < -0.39 is 24.5 Å². The molecule has 2 aromatic rings. The van der Waals surface area contributed by atoms with Crippen molar-refractivity contribution in [3.8, 4) is 5.75 Å². The molecular weight excluding hydrogens is 364 g/mol. The lowest BCUT2D eigenvalue weighted by molar-refractivity contribution is -0.0498. The van der Waals surface area contributed by atoms with Crippen LogP contribution in [0, 0.1) is 0 Å². The zero-order valence-electron chi connectivity index (χ0n) is 14.3. The van der Waals surface area contributed by atoms with E-state index in [2.05, 4.69) is 19.5 Å². The Morgan fingerprint density at radius 3 is 1.81 bits per heavy atom. The molecule has 0 saturated carbocycles. The number of halogens is 2. The normalized spacial score (nSPS) is 10.3. The Kier molecular flexibility index (Phi) is 6.42. The maximum atomic E-state index is 12.3. The summed E-state index contributed by atoms with van der Waals surface area (Å²) in [5.41, 5.74) is 0.378. The number of alkyl halides is 2. The number of nitrogens with one attached hydrogen (secondary N) is 1. The van der Waals surface area contributed by atoms with Gasteiger partial charge in [0.15, 0.2) is 0 Å². The molecule has 0 aromatic heterocycles. The monoisotopic (exact) mass is 379 g/mol. The minimum Gasteiger partial charge on any atom is -0.465 e. The summed E-state index contributed by atoms with van der Waals surface area (Å²) >= 11 is 0. The first-order chi connectivity index (χ1) is 12.8. The van der Waals surface area contributed by atoms with Crippen molar-refractivity contribution in [1.29, 1.82) is 0 Å². The number of ether oxygens (including phenoxy) is 3. The third-order valence-corrected chi connectivity index (χ3v) is 3.37. The van der Waals surface area contributed by atoms with Gasteiger partial charge in [-0.15, -0.1) is 0 Å². The van der Waals surface area contributed by atoms with Crippen molar-refractivity contribution in [2.45, 2.75) is 6.61 Å². The second-order valence-corrected chi connectivity index (χ2v) is 5.14. The predicted octanol–water partition coefficient (Wildman–Crippen LogP) is 3.11. The summed E-state index contributed by atoms with van der Waals surface area (Å²) in [6, 6.07) is 8.92. The van der Waals surface area contributed by atoms with Crippen LogP contribution in [0.5, 0.6) is 5.75 Å². The van der Waals surface area contributed by atoms with Crippen LogP contribution in [0.1, 0.15) is 31.1 Å². The lowest BCUT2D eigenvalue weighted by atomic mass is 10.1. The zero-order chi connectivity index (χ0) is 20.0. The first-order valence-corrected chi connectivity index (χ1v) is 7.52. The molecule has 0 atom stereocenters. The quantitative estimate of drug-likeness (QED) is 0.776. The number of amides is 1. The van der Waals surface area contributed by atoms with Crippen LogP contribution in [0.25, 0.3) is 0 Å². The van der Waals surface area contributed by atoms with Gasteiger partial charge in [-0.05, 0) is 42.5 Å². The lowest BCUT2D eigenvalue weighted by Crippen LogP contribution is -2.14. The SMILES string of the molecule is COC(=O)c1cc(NC(=O)c2ccc(OC(F)F)cc2)cc(C(=O)OC)c1. The van der Waals surface area contributed by atoms with Crippen LogP contribution in [0.15, 0.2) is 42.5 Å². The Morgan fingerprint density at radius 1 is 0.852 bits per heavy atom. The fraction of sp³-hybridized carbons (Fsp3) is 0.167. The van der Waals surface area contributed by atoms with Gasteiger partial charge in [-0.3, -0.25) is 4.79 Å². The highest BCUT2D eigenvalue weighted by Crippen LogP contribution is 2.19. The summed E-state index contributed by atoms with van der Waals surface area (Å²) in [5.74, 6) is -2.09. The van der Waals surface area contributed by atoms with Gasteiger partial charge in [0.1, 0.15) is 5.75 Å². The van der Waals surface area contributed by atoms with Crippen LogP contribution >= 0.6 is 0 Å². The van der Waals surface area contributed by atoms with E-state index in [0.29, 0.717) is 0 Å². The molecule has 0 aliphatic rings. The average molecular weight is 379 g/mol.